The predicted molar refractivity (Wildman–Crippen MR) is 62.0 cm³/mol. The second-order valence-corrected chi connectivity index (χ2v) is 6.43. The lowest BCUT2D eigenvalue weighted by Crippen LogP contribution is -2.09. The van der Waals surface area contributed by atoms with Crippen molar-refractivity contribution in [3.8, 4) is 0 Å². The van der Waals surface area contributed by atoms with Crippen molar-refractivity contribution in [3.63, 3.8) is 0 Å². The average Bonchev–Trinajstić information content (AvgIpc) is 2.81. The maximum atomic E-state index is 11.4. The molecule has 1 aromatic carbocycles. The highest BCUT2D eigenvalue weighted by Crippen LogP contribution is 2.26. The molecule has 16 heavy (non-hydrogen) atoms. The van der Waals surface area contributed by atoms with Crippen LogP contribution in [-0.2, 0) is 9.84 Å². The Morgan fingerprint density at radius 3 is 2.88 bits per heavy atom. The number of rotatable bonds is 1. The van der Waals surface area contributed by atoms with Crippen molar-refractivity contribution in [1.82, 2.24) is 9.55 Å². The van der Waals surface area contributed by atoms with Crippen LogP contribution in [0.3, 0.4) is 0 Å². The van der Waals surface area contributed by atoms with Gasteiger partial charge in [-0.3, -0.25) is 0 Å². The smallest absolute Gasteiger partial charge is 0.152 e. The highest BCUT2D eigenvalue weighted by Gasteiger charge is 2.29. The monoisotopic (exact) mass is 236 g/mol. The van der Waals surface area contributed by atoms with Gasteiger partial charge in [-0.1, -0.05) is 12.1 Å². The summed E-state index contributed by atoms with van der Waals surface area (Å²) < 4.78 is 24.9. The van der Waals surface area contributed by atoms with Gasteiger partial charge in [0.2, 0.25) is 0 Å². The Bertz CT molecular complexity index is 630. The number of para-hydroxylation sites is 2. The molecule has 2 heterocycles. The molecule has 0 saturated carbocycles. The van der Waals surface area contributed by atoms with Gasteiger partial charge >= 0.3 is 0 Å². The van der Waals surface area contributed by atoms with Gasteiger partial charge in [-0.05, 0) is 18.6 Å². The second-order valence-electron chi connectivity index (χ2n) is 4.20. The van der Waals surface area contributed by atoms with Gasteiger partial charge in [0.05, 0.1) is 34.9 Å². The zero-order valence-corrected chi connectivity index (χ0v) is 9.52. The zero-order valence-electron chi connectivity index (χ0n) is 8.70. The van der Waals surface area contributed by atoms with E-state index in [0.717, 1.165) is 11.0 Å². The number of imidazole rings is 1. The number of hydrogen-bond acceptors (Lipinski definition) is 3. The van der Waals surface area contributed by atoms with Gasteiger partial charge in [-0.2, -0.15) is 0 Å². The van der Waals surface area contributed by atoms with Crippen LogP contribution >= 0.6 is 0 Å². The third-order valence-electron chi connectivity index (χ3n) is 3.08. The number of fused-ring (bicyclic) bond motifs is 1. The first kappa shape index (κ1) is 9.84. The van der Waals surface area contributed by atoms with Gasteiger partial charge in [-0.25, -0.2) is 13.4 Å². The number of hydrogen-bond donors (Lipinski definition) is 0. The third kappa shape index (κ3) is 1.51. The van der Waals surface area contributed by atoms with Crippen molar-refractivity contribution in [3.05, 3.63) is 30.6 Å². The number of sulfone groups is 1. The Kier molecular flexibility index (Phi) is 2.04. The largest absolute Gasteiger partial charge is 0.326 e. The SMILES string of the molecule is O=S1(=O)CCC(n2cnc3ccccc32)C1. The lowest BCUT2D eigenvalue weighted by atomic mass is 10.2. The molecule has 0 N–H and O–H groups in total. The molecule has 1 aliphatic heterocycles. The molecule has 0 aliphatic carbocycles. The van der Waals surface area contributed by atoms with Crippen LogP contribution in [0.2, 0.25) is 0 Å². The molecule has 0 spiro atoms. The maximum Gasteiger partial charge on any atom is 0.152 e. The van der Waals surface area contributed by atoms with E-state index in [0.29, 0.717) is 12.2 Å². The normalized spacial score (nSPS) is 23.9. The van der Waals surface area contributed by atoms with E-state index in [1.165, 1.54) is 0 Å². The van der Waals surface area contributed by atoms with Crippen LogP contribution in [0.4, 0.5) is 0 Å². The van der Waals surface area contributed by atoms with Crippen LogP contribution in [0.5, 0.6) is 0 Å². The van der Waals surface area contributed by atoms with Gasteiger partial charge in [0, 0.05) is 0 Å². The summed E-state index contributed by atoms with van der Waals surface area (Å²) in [7, 11) is -2.84. The Hall–Kier alpha value is -1.36. The van der Waals surface area contributed by atoms with Crippen LogP contribution < -0.4 is 0 Å². The van der Waals surface area contributed by atoms with Gasteiger partial charge in [0.25, 0.3) is 0 Å². The summed E-state index contributed by atoms with van der Waals surface area (Å²) in [4.78, 5) is 4.28. The fourth-order valence-electron chi connectivity index (χ4n) is 2.26. The van der Waals surface area contributed by atoms with Crippen molar-refractivity contribution in [2.45, 2.75) is 12.5 Å². The summed E-state index contributed by atoms with van der Waals surface area (Å²) in [5.74, 6) is 0.539. The molecular weight excluding hydrogens is 224 g/mol. The molecule has 0 radical (unpaired) electrons. The summed E-state index contributed by atoms with van der Waals surface area (Å²) in [6, 6.07) is 7.86. The highest BCUT2D eigenvalue weighted by molar-refractivity contribution is 7.91. The van der Waals surface area contributed by atoms with E-state index in [9.17, 15) is 8.42 Å². The van der Waals surface area contributed by atoms with E-state index in [2.05, 4.69) is 4.98 Å². The maximum absolute atomic E-state index is 11.4. The van der Waals surface area contributed by atoms with E-state index in [1.54, 1.807) is 6.33 Å². The second kappa shape index (κ2) is 3.31. The van der Waals surface area contributed by atoms with Crippen molar-refractivity contribution in [2.24, 2.45) is 0 Å². The molecule has 2 aromatic rings. The molecule has 1 aliphatic rings. The molecular formula is C11H12N2O2S. The topological polar surface area (TPSA) is 52.0 Å². The van der Waals surface area contributed by atoms with E-state index in [1.807, 2.05) is 28.8 Å². The number of benzene rings is 1. The van der Waals surface area contributed by atoms with Crippen LogP contribution in [0, 0.1) is 0 Å². The molecule has 3 rings (SSSR count). The van der Waals surface area contributed by atoms with Crippen LogP contribution in [-0.4, -0.2) is 29.5 Å². The zero-order chi connectivity index (χ0) is 11.2. The lowest BCUT2D eigenvalue weighted by Gasteiger charge is -2.10. The quantitative estimate of drug-likeness (QED) is 0.752. The van der Waals surface area contributed by atoms with E-state index in [4.69, 9.17) is 0 Å². The molecule has 1 aromatic heterocycles. The first-order valence-corrected chi connectivity index (χ1v) is 7.10. The van der Waals surface area contributed by atoms with Crippen LogP contribution in [0.15, 0.2) is 30.6 Å². The summed E-state index contributed by atoms with van der Waals surface area (Å²) in [5, 5.41) is 0. The summed E-state index contributed by atoms with van der Waals surface area (Å²) in [6.45, 7) is 0. The lowest BCUT2D eigenvalue weighted by molar-refractivity contribution is 0.568. The van der Waals surface area contributed by atoms with E-state index >= 15 is 0 Å². The summed E-state index contributed by atoms with van der Waals surface area (Å²) in [6.07, 6.45) is 2.44. The van der Waals surface area contributed by atoms with Gasteiger partial charge in [0.15, 0.2) is 9.84 Å². The molecule has 4 nitrogen and oxygen atoms in total. The first-order valence-electron chi connectivity index (χ1n) is 5.28. The van der Waals surface area contributed by atoms with Gasteiger partial charge in [-0.15, -0.1) is 0 Å². The fourth-order valence-corrected chi connectivity index (χ4v) is 3.98. The fraction of sp³-hybridized carbons (Fsp3) is 0.364. The van der Waals surface area contributed by atoms with Crippen molar-refractivity contribution in [2.75, 3.05) is 11.5 Å². The van der Waals surface area contributed by atoms with Crippen molar-refractivity contribution >= 4 is 20.9 Å². The van der Waals surface area contributed by atoms with Crippen LogP contribution in [0.25, 0.3) is 11.0 Å². The van der Waals surface area contributed by atoms with Crippen molar-refractivity contribution in [1.29, 1.82) is 0 Å². The Balaban J connectivity index is 2.07. The number of aromatic nitrogens is 2. The molecule has 1 unspecified atom stereocenters. The Morgan fingerprint density at radius 2 is 2.12 bits per heavy atom. The summed E-state index contributed by atoms with van der Waals surface area (Å²) in [5.41, 5.74) is 1.94. The van der Waals surface area contributed by atoms with Gasteiger partial charge in [0.1, 0.15) is 0 Å². The molecule has 1 atom stereocenters. The highest BCUT2D eigenvalue weighted by atomic mass is 32.2. The van der Waals surface area contributed by atoms with E-state index in [-0.39, 0.29) is 11.8 Å². The van der Waals surface area contributed by atoms with Crippen LogP contribution in [0.1, 0.15) is 12.5 Å². The third-order valence-corrected chi connectivity index (χ3v) is 4.83. The molecule has 5 heteroatoms. The number of nitrogens with zero attached hydrogens (tertiary/aromatic N) is 2. The first-order chi connectivity index (χ1) is 7.66. The minimum absolute atomic E-state index is 0.0531. The predicted octanol–water partition coefficient (Wildman–Crippen LogP) is 1.40. The Morgan fingerprint density at radius 1 is 1.31 bits per heavy atom. The Labute approximate surface area is 93.8 Å². The summed E-state index contributed by atoms with van der Waals surface area (Å²) >= 11 is 0. The van der Waals surface area contributed by atoms with Crippen molar-refractivity contribution < 1.29 is 8.42 Å². The van der Waals surface area contributed by atoms with Gasteiger partial charge < -0.3 is 4.57 Å². The minimum Gasteiger partial charge on any atom is -0.326 e. The minimum atomic E-state index is -2.84. The molecule has 0 bridgehead atoms. The average molecular weight is 236 g/mol. The molecule has 84 valence electrons. The van der Waals surface area contributed by atoms with E-state index < -0.39 is 9.84 Å². The standard InChI is InChI=1S/C11H12N2O2S/c14-16(15)6-5-9(7-16)13-8-12-10-3-1-2-4-11(10)13/h1-4,8-9H,5-7H2. The molecule has 1 fully saturated rings. The molecule has 0 amide bonds. The molecule has 1 saturated heterocycles.